The smallest absolute Gasteiger partial charge is 0.187 e. The first-order chi connectivity index (χ1) is 10.4. The number of phenols is 1. The van der Waals surface area contributed by atoms with Crippen LogP contribution < -0.4 is 0 Å². The van der Waals surface area contributed by atoms with Crippen molar-refractivity contribution in [3.8, 4) is 17.0 Å². The quantitative estimate of drug-likeness (QED) is 0.914. The van der Waals surface area contributed by atoms with Crippen LogP contribution in [0.4, 0.5) is 8.78 Å². The van der Waals surface area contributed by atoms with E-state index in [2.05, 4.69) is 4.98 Å². The molecule has 1 aliphatic rings. The molecule has 0 saturated carbocycles. The van der Waals surface area contributed by atoms with Crippen LogP contribution in [0.25, 0.3) is 11.3 Å². The summed E-state index contributed by atoms with van der Waals surface area (Å²) in [5.74, 6) is -2.94. The van der Waals surface area contributed by atoms with Crippen LogP contribution >= 0.6 is 0 Å². The van der Waals surface area contributed by atoms with E-state index in [4.69, 9.17) is 4.74 Å². The van der Waals surface area contributed by atoms with E-state index in [1.54, 1.807) is 13.2 Å². The summed E-state index contributed by atoms with van der Waals surface area (Å²) >= 11 is 0. The predicted molar refractivity (Wildman–Crippen MR) is 78.6 cm³/mol. The Bertz CT molecular complexity index is 710. The van der Waals surface area contributed by atoms with Crippen molar-refractivity contribution in [1.82, 2.24) is 4.98 Å². The van der Waals surface area contributed by atoms with Crippen molar-refractivity contribution in [2.24, 2.45) is 0 Å². The van der Waals surface area contributed by atoms with E-state index in [1.165, 1.54) is 0 Å². The minimum absolute atomic E-state index is 0.306. The Morgan fingerprint density at radius 3 is 2.55 bits per heavy atom. The molecule has 2 aromatic rings. The first-order valence-corrected chi connectivity index (χ1v) is 7.18. The number of methoxy groups -OCH3 is 1. The average molecular weight is 305 g/mol. The van der Waals surface area contributed by atoms with Crippen molar-refractivity contribution >= 4 is 0 Å². The summed E-state index contributed by atoms with van der Waals surface area (Å²) in [7, 11) is 1.67. The first kappa shape index (κ1) is 14.9. The monoisotopic (exact) mass is 305 g/mol. The van der Waals surface area contributed by atoms with Crippen LogP contribution in [0.15, 0.2) is 24.3 Å². The number of aryl methyl sites for hydroxylation is 1. The number of fused-ring (bicyclic) bond motifs is 1. The molecule has 0 radical (unpaired) electrons. The van der Waals surface area contributed by atoms with Crippen molar-refractivity contribution in [1.29, 1.82) is 0 Å². The average Bonchev–Trinajstić information content (AvgIpc) is 2.52. The molecule has 0 fully saturated rings. The molecule has 22 heavy (non-hydrogen) atoms. The minimum Gasteiger partial charge on any atom is -0.503 e. The lowest BCUT2D eigenvalue weighted by Gasteiger charge is -2.34. The zero-order valence-corrected chi connectivity index (χ0v) is 12.5. The number of aromatic hydroxyl groups is 1. The fraction of sp³-hybridized carbons (Fsp3) is 0.353. The Kier molecular flexibility index (Phi) is 3.60. The maximum atomic E-state index is 13.5. The van der Waals surface area contributed by atoms with E-state index >= 15 is 0 Å². The number of nitrogens with zero attached hydrogens (tertiary/aromatic N) is 1. The largest absolute Gasteiger partial charge is 0.503 e. The number of ether oxygens (including phenoxy) is 1. The van der Waals surface area contributed by atoms with Crippen molar-refractivity contribution in [3.63, 3.8) is 0 Å². The molecule has 1 unspecified atom stereocenters. The third-order valence-electron chi connectivity index (χ3n) is 4.37. The van der Waals surface area contributed by atoms with Gasteiger partial charge in [-0.25, -0.2) is 8.78 Å². The Morgan fingerprint density at radius 1 is 1.23 bits per heavy atom. The molecule has 5 heteroatoms. The molecule has 0 saturated heterocycles. The van der Waals surface area contributed by atoms with Crippen molar-refractivity contribution in [2.75, 3.05) is 7.11 Å². The first-order valence-electron chi connectivity index (χ1n) is 7.18. The van der Waals surface area contributed by atoms with Crippen LogP contribution in [0.5, 0.6) is 5.75 Å². The summed E-state index contributed by atoms with van der Waals surface area (Å²) in [6.07, 6.45) is 2.68. The van der Waals surface area contributed by atoms with Crippen LogP contribution in [0.3, 0.4) is 0 Å². The van der Waals surface area contributed by atoms with Gasteiger partial charge >= 0.3 is 0 Å². The molecule has 1 aliphatic carbocycles. The number of hydrogen-bond acceptors (Lipinski definition) is 3. The van der Waals surface area contributed by atoms with E-state index in [0.717, 1.165) is 42.7 Å². The lowest BCUT2D eigenvalue weighted by molar-refractivity contribution is -0.0130. The number of halogens is 2. The van der Waals surface area contributed by atoms with Gasteiger partial charge in [0.1, 0.15) is 0 Å². The highest BCUT2D eigenvalue weighted by atomic mass is 19.1. The molecule has 1 aromatic carbocycles. The molecule has 0 spiro atoms. The molecular formula is C17H17F2NO2. The van der Waals surface area contributed by atoms with Crippen LogP contribution in [-0.4, -0.2) is 17.2 Å². The highest BCUT2D eigenvalue weighted by molar-refractivity contribution is 5.61. The molecule has 3 nitrogen and oxygen atoms in total. The normalized spacial score (nSPS) is 20.7. The molecule has 1 aromatic heterocycles. The van der Waals surface area contributed by atoms with Crippen molar-refractivity contribution < 1.29 is 18.6 Å². The second-order valence-electron chi connectivity index (χ2n) is 5.77. The molecule has 3 rings (SSSR count). The minimum atomic E-state index is -0.990. The molecular weight excluding hydrogens is 288 g/mol. The third-order valence-corrected chi connectivity index (χ3v) is 4.37. The van der Waals surface area contributed by atoms with Gasteiger partial charge in [0, 0.05) is 23.9 Å². The molecule has 116 valence electrons. The van der Waals surface area contributed by atoms with E-state index in [1.807, 2.05) is 13.0 Å². The van der Waals surface area contributed by atoms with Crippen LogP contribution in [0, 0.1) is 11.6 Å². The van der Waals surface area contributed by atoms with Gasteiger partial charge in [-0.05, 0) is 44.4 Å². The highest BCUT2D eigenvalue weighted by Crippen LogP contribution is 2.38. The Morgan fingerprint density at radius 2 is 1.91 bits per heavy atom. The summed E-state index contributed by atoms with van der Waals surface area (Å²) in [5.41, 5.74) is 2.33. The van der Waals surface area contributed by atoms with Gasteiger partial charge in [0.05, 0.1) is 11.3 Å². The van der Waals surface area contributed by atoms with E-state index in [0.29, 0.717) is 11.3 Å². The molecule has 1 heterocycles. The number of phenolic OH excluding ortho intramolecular Hbond substituents is 1. The summed E-state index contributed by atoms with van der Waals surface area (Å²) < 4.78 is 32.6. The van der Waals surface area contributed by atoms with Gasteiger partial charge in [0.15, 0.2) is 17.4 Å². The molecule has 1 atom stereocenters. The summed E-state index contributed by atoms with van der Waals surface area (Å²) in [6.45, 7) is 2.02. The van der Waals surface area contributed by atoms with Gasteiger partial charge in [0.25, 0.3) is 0 Å². The van der Waals surface area contributed by atoms with Crippen LogP contribution in [0.2, 0.25) is 0 Å². The number of hydrogen-bond donors (Lipinski definition) is 1. The van der Waals surface area contributed by atoms with Gasteiger partial charge in [-0.3, -0.25) is 4.98 Å². The maximum Gasteiger partial charge on any atom is 0.187 e. The lowest BCUT2D eigenvalue weighted by atomic mass is 9.82. The Labute approximate surface area is 127 Å². The predicted octanol–water partition coefficient (Wildman–Crippen LogP) is 3.93. The van der Waals surface area contributed by atoms with Gasteiger partial charge in [0.2, 0.25) is 0 Å². The zero-order chi connectivity index (χ0) is 15.9. The molecule has 0 amide bonds. The number of aromatic nitrogens is 1. The molecule has 1 N–H and O–H groups in total. The van der Waals surface area contributed by atoms with Gasteiger partial charge < -0.3 is 9.84 Å². The second-order valence-corrected chi connectivity index (χ2v) is 5.77. The topological polar surface area (TPSA) is 42.4 Å². The van der Waals surface area contributed by atoms with Gasteiger partial charge in [-0.2, -0.15) is 0 Å². The number of benzene rings is 1. The van der Waals surface area contributed by atoms with Crippen LogP contribution in [0.1, 0.15) is 31.0 Å². The van der Waals surface area contributed by atoms with Crippen molar-refractivity contribution in [3.05, 3.63) is 47.2 Å². The summed E-state index contributed by atoms with van der Waals surface area (Å²) in [6, 6.07) is 5.81. The lowest BCUT2D eigenvalue weighted by Crippen LogP contribution is -2.30. The summed E-state index contributed by atoms with van der Waals surface area (Å²) in [5, 5.41) is 9.18. The maximum absolute atomic E-state index is 13.5. The molecule has 0 aliphatic heterocycles. The van der Waals surface area contributed by atoms with Crippen LogP contribution in [-0.2, 0) is 16.8 Å². The number of rotatable bonds is 2. The zero-order valence-electron chi connectivity index (χ0n) is 12.5. The third kappa shape index (κ3) is 2.35. The Balaban J connectivity index is 2.08. The molecule has 0 bridgehead atoms. The Hall–Kier alpha value is -2.01. The van der Waals surface area contributed by atoms with Gasteiger partial charge in [-0.1, -0.05) is 6.07 Å². The standard InChI is InChI=1S/C17H17F2NO2/c1-17(22-2)7-3-4-15-11(17)5-6-14(20-15)10-8-12(18)16(21)13(19)9-10/h5-6,8-9,21H,3-4,7H2,1-2H3. The fourth-order valence-electron chi connectivity index (χ4n) is 2.99. The van der Waals surface area contributed by atoms with E-state index in [9.17, 15) is 13.9 Å². The van der Waals surface area contributed by atoms with E-state index < -0.39 is 17.4 Å². The number of pyridine rings is 1. The fourth-order valence-corrected chi connectivity index (χ4v) is 2.99. The highest BCUT2D eigenvalue weighted by Gasteiger charge is 2.32. The second kappa shape index (κ2) is 5.32. The van der Waals surface area contributed by atoms with Gasteiger partial charge in [-0.15, -0.1) is 0 Å². The van der Waals surface area contributed by atoms with E-state index in [-0.39, 0.29) is 5.60 Å². The SMILES string of the molecule is COC1(C)CCCc2nc(-c3cc(F)c(O)c(F)c3)ccc21. The summed E-state index contributed by atoms with van der Waals surface area (Å²) in [4.78, 5) is 4.54. The van der Waals surface area contributed by atoms with Crippen molar-refractivity contribution in [2.45, 2.75) is 31.8 Å².